The summed E-state index contributed by atoms with van der Waals surface area (Å²) in [5.41, 5.74) is -2.20. The smallest absolute Gasteiger partial charge is 0.346 e. The number of hydrogen-bond donors (Lipinski definition) is 6. The Hall–Kier alpha value is -3.88. The number of phosphoric acid groups is 4. The predicted molar refractivity (Wildman–Crippen MR) is 203 cm³/mol. The lowest BCUT2D eigenvalue weighted by atomic mass is 10.1. The van der Waals surface area contributed by atoms with Gasteiger partial charge in [-0.3, -0.25) is 37.7 Å². The molecule has 0 radical (unpaired) electrons. The Balaban J connectivity index is 0.891. The number of fused-ring (bicyclic) bond motifs is 2. The van der Waals surface area contributed by atoms with Crippen LogP contribution in [-0.2, 0) is 68.7 Å². The van der Waals surface area contributed by atoms with Gasteiger partial charge in [0.1, 0.15) is 36.6 Å². The summed E-state index contributed by atoms with van der Waals surface area (Å²) in [5, 5.41) is 0. The van der Waals surface area contributed by atoms with Gasteiger partial charge in [0.05, 0.1) is 13.2 Å². The second-order valence-corrected chi connectivity index (χ2v) is 20.0. The van der Waals surface area contributed by atoms with Gasteiger partial charge in [-0.2, -0.15) is 12.9 Å². The Morgan fingerprint density at radius 1 is 0.492 bits per heavy atom. The molecule has 6 heterocycles. The third-order valence-corrected chi connectivity index (χ3v) is 15.4. The summed E-state index contributed by atoms with van der Waals surface area (Å²) in [5.74, 6) is 0. The Kier molecular flexibility index (Phi) is 12.9. The molecule has 0 bridgehead atoms. The van der Waals surface area contributed by atoms with Crippen LogP contribution in [0.25, 0.3) is 0 Å². The molecule has 31 heteroatoms. The number of hydrogen-bond acceptors (Lipinski definition) is 19. The number of nitrogens with zero attached hydrogens (tertiary/aromatic N) is 2. The Bertz CT molecular complexity index is 2570. The fraction of sp³-hybridized carbons (Fsp3) is 0.375. The number of benzene rings is 2. The molecule has 2 aromatic heterocycles. The Morgan fingerprint density at radius 3 is 1.21 bits per heavy atom. The molecule has 8 rings (SSSR count). The number of nitrogens with one attached hydrogen (secondary N) is 2. The van der Waals surface area contributed by atoms with Crippen molar-refractivity contribution in [3.8, 4) is 0 Å². The minimum atomic E-state index is -6.23. The van der Waals surface area contributed by atoms with Gasteiger partial charge in [0, 0.05) is 35.7 Å². The molecule has 6 unspecified atom stereocenters. The fourth-order valence-electron chi connectivity index (χ4n) is 6.98. The van der Waals surface area contributed by atoms with E-state index in [0.717, 1.165) is 33.7 Å². The quantitative estimate of drug-likeness (QED) is 0.0863. The standard InChI is InChI=1S/C32H34N4O23P4/c37-21-11-13-35(31(39)33-21)27-25-23(53-29(55-25)17-7-3-1-4-8-17)19(51-27)15-49-60(41,42)57-62(45,46)59-63(47,48)58-61(43,44)50-16-20-24-26(56-30(54-24)18-9-5-2-6-10-18)28(52-20)36-14-12-22(38)34-32(36)40/h1-14,19-20,23-30H,15-16H2,(H,41,42)(H,43,44)(H,45,46)(H,47,48)(H,33,37,39)(H,34,38,40)/t19-,20-,23-,24-,25-,26-,27-,28-,29?,30?/m1/s1. The molecule has 340 valence electrons. The van der Waals surface area contributed by atoms with Gasteiger partial charge in [0.2, 0.25) is 0 Å². The highest BCUT2D eigenvalue weighted by atomic mass is 31.3. The van der Waals surface area contributed by atoms with E-state index in [2.05, 4.69) is 22.9 Å². The zero-order valence-electron chi connectivity index (χ0n) is 31.5. The molecule has 0 aliphatic carbocycles. The van der Waals surface area contributed by atoms with E-state index in [1.54, 1.807) is 60.7 Å². The van der Waals surface area contributed by atoms with Crippen molar-refractivity contribution < 1.29 is 88.2 Å². The highest BCUT2D eigenvalue weighted by Crippen LogP contribution is 2.71. The van der Waals surface area contributed by atoms with Crippen LogP contribution in [0.15, 0.2) is 104 Å². The van der Waals surface area contributed by atoms with Crippen molar-refractivity contribution in [3.63, 3.8) is 0 Å². The van der Waals surface area contributed by atoms with Crippen molar-refractivity contribution in [2.75, 3.05) is 13.2 Å². The van der Waals surface area contributed by atoms with Gasteiger partial charge < -0.3 is 48.0 Å². The van der Waals surface area contributed by atoms with Gasteiger partial charge in [-0.1, -0.05) is 60.7 Å². The lowest BCUT2D eigenvalue weighted by molar-refractivity contribution is -0.154. The first-order valence-corrected chi connectivity index (χ1v) is 24.1. The molecule has 63 heavy (non-hydrogen) atoms. The molecule has 14 atom stereocenters. The summed E-state index contributed by atoms with van der Waals surface area (Å²) in [6.45, 7) is -1.96. The molecule has 4 aliphatic rings. The van der Waals surface area contributed by atoms with Crippen molar-refractivity contribution in [3.05, 3.63) is 138 Å². The Morgan fingerprint density at radius 2 is 0.841 bits per heavy atom. The number of ether oxygens (including phenoxy) is 6. The zero-order valence-corrected chi connectivity index (χ0v) is 35.1. The van der Waals surface area contributed by atoms with E-state index in [1.807, 2.05) is 0 Å². The first kappa shape index (κ1) is 45.7. The first-order chi connectivity index (χ1) is 29.8. The third kappa shape index (κ3) is 10.5. The summed E-state index contributed by atoms with van der Waals surface area (Å²) >= 11 is 0. The van der Waals surface area contributed by atoms with Crippen LogP contribution in [0.3, 0.4) is 0 Å². The SMILES string of the molecule is O=c1ccn([C@@H]2O[C@H](COP(=O)(O)OP(=O)(O)OP(=O)(O)OP(=O)(O)OC[C@H]3O[C@@H](n4ccc(=O)[nH]c4=O)[C@@H]4OC(c5ccccc5)O[C@@H]43)[C@H]3OC(c4ccccc4)O[C@H]32)c(=O)[nH]1. The van der Waals surface area contributed by atoms with E-state index in [-0.39, 0.29) is 0 Å². The summed E-state index contributed by atoms with van der Waals surface area (Å²) in [4.78, 5) is 93.7. The van der Waals surface area contributed by atoms with E-state index >= 15 is 0 Å². The molecule has 27 nitrogen and oxygen atoms in total. The number of aromatic amines is 2. The fourth-order valence-corrected chi connectivity index (χ4v) is 11.9. The van der Waals surface area contributed by atoms with Crippen LogP contribution in [-0.4, -0.2) is 88.5 Å². The number of H-pyrrole nitrogens is 2. The van der Waals surface area contributed by atoms with Gasteiger partial charge >= 0.3 is 42.7 Å². The summed E-state index contributed by atoms with van der Waals surface area (Å²) < 4.78 is 110. The molecule has 6 N–H and O–H groups in total. The molecule has 2 aromatic carbocycles. The van der Waals surface area contributed by atoms with Crippen molar-refractivity contribution in [2.24, 2.45) is 0 Å². The third-order valence-electron chi connectivity index (χ3n) is 9.51. The topological polar surface area (TPSA) is 360 Å². The minimum Gasteiger partial charge on any atom is -0.346 e. The highest BCUT2D eigenvalue weighted by molar-refractivity contribution is 7.69. The van der Waals surface area contributed by atoms with Crippen LogP contribution < -0.4 is 22.5 Å². The molecule has 4 aliphatic heterocycles. The Labute approximate surface area is 351 Å². The van der Waals surface area contributed by atoms with E-state index in [1.165, 1.54) is 0 Å². The van der Waals surface area contributed by atoms with Crippen molar-refractivity contribution in [1.82, 2.24) is 19.1 Å². The largest absolute Gasteiger partial charge is 0.490 e. The summed E-state index contributed by atoms with van der Waals surface area (Å²) in [7, 11) is -24.0. The van der Waals surface area contributed by atoms with Crippen LogP contribution in [0.4, 0.5) is 0 Å². The van der Waals surface area contributed by atoms with E-state index in [9.17, 15) is 57.0 Å². The highest BCUT2D eigenvalue weighted by Gasteiger charge is 2.57. The van der Waals surface area contributed by atoms with Crippen LogP contribution in [0.5, 0.6) is 0 Å². The van der Waals surface area contributed by atoms with Gasteiger partial charge in [-0.05, 0) is 0 Å². The van der Waals surface area contributed by atoms with Gasteiger partial charge in [-0.15, -0.1) is 0 Å². The lowest BCUT2D eigenvalue weighted by Crippen LogP contribution is -2.36. The number of phosphoric ester groups is 2. The van der Waals surface area contributed by atoms with E-state index in [0.29, 0.717) is 11.1 Å². The van der Waals surface area contributed by atoms with Gasteiger partial charge in [-0.25, -0.2) is 27.8 Å². The molecule has 4 saturated heterocycles. The maximum Gasteiger partial charge on any atom is 0.490 e. The maximum atomic E-state index is 12.9. The molecule has 0 spiro atoms. The van der Waals surface area contributed by atoms with Crippen molar-refractivity contribution in [2.45, 2.75) is 61.7 Å². The second kappa shape index (κ2) is 17.8. The van der Waals surface area contributed by atoms with Crippen LogP contribution in [0.2, 0.25) is 0 Å². The number of rotatable bonds is 16. The van der Waals surface area contributed by atoms with Crippen LogP contribution in [0, 0.1) is 0 Å². The van der Waals surface area contributed by atoms with Crippen molar-refractivity contribution in [1.29, 1.82) is 0 Å². The summed E-state index contributed by atoms with van der Waals surface area (Å²) in [6, 6.07) is 18.9. The summed E-state index contributed by atoms with van der Waals surface area (Å²) in [6.07, 6.45) is -9.72. The average Bonchev–Trinajstić information content (AvgIpc) is 3.98. The van der Waals surface area contributed by atoms with E-state index in [4.69, 9.17) is 37.5 Å². The molecular weight excluding hydrogens is 932 g/mol. The molecular formula is C32H34N4O23P4. The van der Waals surface area contributed by atoms with Gasteiger partial charge in [0.15, 0.2) is 25.0 Å². The normalized spacial score (nSPS) is 31.6. The number of aromatic nitrogens is 4. The molecule has 0 amide bonds. The average molecular weight is 967 g/mol. The van der Waals surface area contributed by atoms with E-state index < -0.39 is 129 Å². The minimum absolute atomic E-state index is 0.534. The van der Waals surface area contributed by atoms with Crippen LogP contribution in [0.1, 0.15) is 36.2 Å². The monoisotopic (exact) mass is 966 g/mol. The lowest BCUT2D eigenvalue weighted by Gasteiger charge is -2.23. The second-order valence-electron chi connectivity index (χ2n) is 13.8. The maximum absolute atomic E-state index is 12.9. The molecule has 4 fully saturated rings. The first-order valence-electron chi connectivity index (χ1n) is 18.2. The zero-order chi connectivity index (χ0) is 44.9. The molecule has 4 aromatic rings. The predicted octanol–water partition coefficient (Wildman–Crippen LogP) is 1.33. The molecule has 0 saturated carbocycles. The van der Waals surface area contributed by atoms with Crippen molar-refractivity contribution >= 4 is 31.3 Å². The van der Waals surface area contributed by atoms with Gasteiger partial charge in [0.25, 0.3) is 11.1 Å². The van der Waals surface area contributed by atoms with Crippen LogP contribution >= 0.6 is 31.3 Å².